The number of hydrogen-bond donors (Lipinski definition) is 1. The molecule has 0 saturated carbocycles. The van der Waals surface area contributed by atoms with Crippen molar-refractivity contribution in [1.29, 1.82) is 0 Å². The van der Waals surface area contributed by atoms with E-state index in [-0.39, 0.29) is 6.10 Å². The molecule has 1 N–H and O–H groups in total. The fourth-order valence-corrected chi connectivity index (χ4v) is 4.19. The second-order valence-electron chi connectivity index (χ2n) is 8.81. The van der Waals surface area contributed by atoms with Gasteiger partial charge in [0.05, 0.1) is 28.3 Å². The molecule has 0 amide bonds. The molecule has 0 bridgehead atoms. The summed E-state index contributed by atoms with van der Waals surface area (Å²) in [5, 5.41) is 8.57. The summed E-state index contributed by atoms with van der Waals surface area (Å²) in [5.41, 5.74) is 3.43. The maximum atomic E-state index is 15.3. The van der Waals surface area contributed by atoms with E-state index >= 15 is 4.39 Å². The van der Waals surface area contributed by atoms with E-state index in [9.17, 15) is 0 Å². The van der Waals surface area contributed by atoms with Gasteiger partial charge in [-0.05, 0) is 63.0 Å². The number of nitrogens with zero attached hydrogens (tertiary/aromatic N) is 6. The summed E-state index contributed by atoms with van der Waals surface area (Å²) in [5.74, 6) is 0.682. The number of aryl methyl sites for hydroxylation is 1. The van der Waals surface area contributed by atoms with Crippen LogP contribution in [0.25, 0.3) is 32.9 Å². The molecule has 3 aromatic heterocycles. The SMILES string of the molecule is CC.CC(CN(C)C)Oc1cc(-c2cnn(C)c2)cc2ncnc(Nc3ccc4ncccc4c3F)c12. The quantitative estimate of drug-likeness (QED) is 0.301. The number of likely N-dealkylation sites (N-methyl/N-ethyl adjacent to an activating group) is 1. The first-order valence-electron chi connectivity index (χ1n) is 12.3. The normalized spacial score (nSPS) is 11.9. The van der Waals surface area contributed by atoms with Crippen molar-refractivity contribution in [3.63, 3.8) is 0 Å². The average molecular weight is 502 g/mol. The smallest absolute Gasteiger partial charge is 0.156 e. The van der Waals surface area contributed by atoms with Crippen LogP contribution in [0.3, 0.4) is 0 Å². The number of anilines is 2. The van der Waals surface area contributed by atoms with Crippen molar-refractivity contribution in [2.24, 2.45) is 7.05 Å². The maximum absolute atomic E-state index is 15.3. The highest BCUT2D eigenvalue weighted by molar-refractivity contribution is 5.99. The first-order valence-corrected chi connectivity index (χ1v) is 12.3. The van der Waals surface area contributed by atoms with E-state index in [0.717, 1.165) is 17.7 Å². The predicted molar refractivity (Wildman–Crippen MR) is 147 cm³/mol. The van der Waals surface area contributed by atoms with E-state index in [1.807, 2.05) is 60.2 Å². The van der Waals surface area contributed by atoms with Crippen molar-refractivity contribution in [3.05, 3.63) is 67.1 Å². The lowest BCUT2D eigenvalue weighted by Gasteiger charge is -2.21. The van der Waals surface area contributed by atoms with Gasteiger partial charge in [0.2, 0.25) is 0 Å². The van der Waals surface area contributed by atoms with Crippen molar-refractivity contribution in [1.82, 2.24) is 29.6 Å². The third-order valence-electron chi connectivity index (χ3n) is 5.66. The minimum Gasteiger partial charge on any atom is -0.489 e. The minimum absolute atomic E-state index is 0.103. The van der Waals surface area contributed by atoms with Crippen LogP contribution in [0.15, 0.2) is 61.3 Å². The second kappa shape index (κ2) is 11.3. The molecular formula is C28H32FN7O. The van der Waals surface area contributed by atoms with Crippen LogP contribution in [0.2, 0.25) is 0 Å². The topological polar surface area (TPSA) is 81.0 Å². The van der Waals surface area contributed by atoms with E-state index in [1.165, 1.54) is 6.33 Å². The largest absolute Gasteiger partial charge is 0.489 e. The Hall–Kier alpha value is -4.11. The molecule has 0 fully saturated rings. The van der Waals surface area contributed by atoms with Crippen LogP contribution >= 0.6 is 0 Å². The van der Waals surface area contributed by atoms with Crippen LogP contribution in [-0.2, 0) is 7.05 Å². The van der Waals surface area contributed by atoms with Gasteiger partial charge in [0, 0.05) is 36.9 Å². The summed E-state index contributed by atoms with van der Waals surface area (Å²) in [4.78, 5) is 15.2. The molecule has 5 rings (SSSR count). The van der Waals surface area contributed by atoms with Crippen molar-refractivity contribution < 1.29 is 9.13 Å². The van der Waals surface area contributed by atoms with Gasteiger partial charge in [-0.2, -0.15) is 5.10 Å². The summed E-state index contributed by atoms with van der Waals surface area (Å²) < 4.78 is 23.4. The number of aromatic nitrogens is 5. The van der Waals surface area contributed by atoms with E-state index < -0.39 is 5.82 Å². The predicted octanol–water partition coefficient (Wildman–Crippen LogP) is 5.82. The van der Waals surface area contributed by atoms with Gasteiger partial charge in [-0.25, -0.2) is 14.4 Å². The van der Waals surface area contributed by atoms with Gasteiger partial charge < -0.3 is 15.0 Å². The van der Waals surface area contributed by atoms with E-state index in [2.05, 4.69) is 30.3 Å². The summed E-state index contributed by atoms with van der Waals surface area (Å²) in [6.45, 7) is 6.73. The molecule has 1 unspecified atom stereocenters. The van der Waals surface area contributed by atoms with Gasteiger partial charge in [0.15, 0.2) is 5.82 Å². The molecule has 0 spiro atoms. The highest BCUT2D eigenvalue weighted by Gasteiger charge is 2.18. The van der Waals surface area contributed by atoms with E-state index in [4.69, 9.17) is 4.74 Å². The zero-order valence-electron chi connectivity index (χ0n) is 22.0. The molecule has 0 radical (unpaired) electrons. The number of benzene rings is 2. The number of nitrogens with one attached hydrogen (secondary N) is 1. The molecule has 9 heteroatoms. The molecule has 0 saturated heterocycles. The lowest BCUT2D eigenvalue weighted by atomic mass is 10.1. The van der Waals surface area contributed by atoms with Crippen molar-refractivity contribution in [2.75, 3.05) is 26.0 Å². The standard InChI is InChI=1S/C26H26FN7O.C2H6/c1-16(13-33(2)3)35-23-11-17(18-12-31-34(4)14-18)10-22-24(23)26(30-15-29-22)32-21-8-7-20-19(25(21)27)6-5-9-28-20;1-2/h5-12,14-16H,13H2,1-4H3,(H,29,30,32);1-2H3. The highest BCUT2D eigenvalue weighted by atomic mass is 19.1. The number of pyridine rings is 1. The Bertz CT molecular complexity index is 1520. The summed E-state index contributed by atoms with van der Waals surface area (Å²) >= 11 is 0. The Morgan fingerprint density at radius 2 is 1.86 bits per heavy atom. The first kappa shape index (κ1) is 26.0. The van der Waals surface area contributed by atoms with Crippen LogP contribution in [-0.4, -0.2) is 56.4 Å². The van der Waals surface area contributed by atoms with Gasteiger partial charge in [0.25, 0.3) is 0 Å². The van der Waals surface area contributed by atoms with Crippen LogP contribution < -0.4 is 10.1 Å². The monoisotopic (exact) mass is 501 g/mol. The van der Waals surface area contributed by atoms with Gasteiger partial charge >= 0.3 is 0 Å². The molecule has 0 aliphatic rings. The Labute approximate surface area is 216 Å². The molecule has 37 heavy (non-hydrogen) atoms. The summed E-state index contributed by atoms with van der Waals surface area (Å²) in [6, 6.07) is 10.8. The molecule has 3 heterocycles. The Morgan fingerprint density at radius 3 is 2.59 bits per heavy atom. The molecule has 2 aromatic carbocycles. The molecule has 0 aliphatic heterocycles. The molecule has 192 valence electrons. The van der Waals surface area contributed by atoms with Gasteiger partial charge in [-0.15, -0.1) is 0 Å². The van der Waals surface area contributed by atoms with Crippen LogP contribution in [0, 0.1) is 5.82 Å². The summed E-state index contributed by atoms with van der Waals surface area (Å²) in [7, 11) is 5.87. The molecular weight excluding hydrogens is 469 g/mol. The number of ether oxygens (including phenoxy) is 1. The third-order valence-corrected chi connectivity index (χ3v) is 5.66. The zero-order chi connectivity index (χ0) is 26.5. The van der Waals surface area contributed by atoms with Crippen LogP contribution in [0.5, 0.6) is 5.75 Å². The molecule has 8 nitrogen and oxygen atoms in total. The number of hydrogen-bond acceptors (Lipinski definition) is 7. The third kappa shape index (κ3) is 5.67. The molecule has 5 aromatic rings. The fraction of sp³-hybridized carbons (Fsp3) is 0.286. The fourth-order valence-electron chi connectivity index (χ4n) is 4.19. The van der Waals surface area contributed by atoms with Crippen LogP contribution in [0.4, 0.5) is 15.9 Å². The lowest BCUT2D eigenvalue weighted by molar-refractivity contribution is 0.179. The summed E-state index contributed by atoms with van der Waals surface area (Å²) in [6.07, 6.45) is 6.74. The number of halogens is 1. The van der Waals surface area contributed by atoms with E-state index in [1.54, 1.807) is 41.3 Å². The first-order chi connectivity index (χ1) is 17.9. The van der Waals surface area contributed by atoms with Crippen molar-refractivity contribution in [3.8, 4) is 16.9 Å². The molecule has 1 atom stereocenters. The minimum atomic E-state index is -0.391. The highest BCUT2D eigenvalue weighted by Crippen LogP contribution is 2.37. The number of rotatable bonds is 7. The lowest BCUT2D eigenvalue weighted by Crippen LogP contribution is -2.28. The maximum Gasteiger partial charge on any atom is 0.156 e. The van der Waals surface area contributed by atoms with Gasteiger partial charge in [-0.1, -0.05) is 13.8 Å². The van der Waals surface area contributed by atoms with E-state index in [0.29, 0.717) is 39.1 Å². The Balaban J connectivity index is 0.00000156. The zero-order valence-corrected chi connectivity index (χ0v) is 22.0. The van der Waals surface area contributed by atoms with Crippen LogP contribution in [0.1, 0.15) is 20.8 Å². The Morgan fingerprint density at radius 1 is 1.05 bits per heavy atom. The molecule has 0 aliphatic carbocycles. The average Bonchev–Trinajstić information content (AvgIpc) is 3.33. The second-order valence-corrected chi connectivity index (χ2v) is 8.81. The van der Waals surface area contributed by atoms with Gasteiger partial charge in [-0.3, -0.25) is 9.67 Å². The van der Waals surface area contributed by atoms with Crippen molar-refractivity contribution in [2.45, 2.75) is 26.9 Å². The van der Waals surface area contributed by atoms with Gasteiger partial charge in [0.1, 0.15) is 24.0 Å². The number of fused-ring (bicyclic) bond motifs is 2. The van der Waals surface area contributed by atoms with Crippen molar-refractivity contribution >= 4 is 33.3 Å². The Kier molecular flexibility index (Phi) is 7.93.